The van der Waals surface area contributed by atoms with Crippen molar-refractivity contribution in [3.63, 3.8) is 0 Å². The van der Waals surface area contributed by atoms with Crippen molar-refractivity contribution in [2.45, 2.75) is 45.3 Å². The van der Waals surface area contributed by atoms with Crippen molar-refractivity contribution >= 4 is 18.0 Å². The monoisotopic (exact) mass is 284 g/mol. The molecular weight excluding hydrogens is 264 g/mol. The van der Waals surface area contributed by atoms with Crippen LogP contribution in [0.3, 0.4) is 0 Å². The van der Waals surface area contributed by atoms with Crippen LogP contribution in [-0.4, -0.2) is 52.7 Å². The highest BCUT2D eigenvalue weighted by atomic mass is 16.6. The number of nitrogens with zero attached hydrogens (tertiary/aromatic N) is 1. The zero-order valence-electron chi connectivity index (χ0n) is 11.9. The molecule has 2 rings (SSSR count). The van der Waals surface area contributed by atoms with E-state index in [9.17, 15) is 14.4 Å². The predicted molar refractivity (Wildman–Crippen MR) is 69.0 cm³/mol. The summed E-state index contributed by atoms with van der Waals surface area (Å²) in [4.78, 5) is 36.4. The molecule has 2 fully saturated rings. The minimum atomic E-state index is -1.04. The van der Waals surface area contributed by atoms with Crippen molar-refractivity contribution in [2.75, 3.05) is 13.1 Å². The molecule has 0 radical (unpaired) electrons. The molecule has 2 aliphatic rings. The van der Waals surface area contributed by atoms with Gasteiger partial charge in [-0.25, -0.2) is 9.59 Å². The SMILES string of the molecule is CC(C)(C)OC(=O)N1CC[C@]2(C[C@@H](C(=O)O)NC2=O)C1. The van der Waals surface area contributed by atoms with Crippen LogP contribution in [0.5, 0.6) is 0 Å². The summed E-state index contributed by atoms with van der Waals surface area (Å²) in [5.74, 6) is -1.32. The number of rotatable bonds is 1. The Labute approximate surface area is 117 Å². The smallest absolute Gasteiger partial charge is 0.410 e. The molecule has 112 valence electrons. The second kappa shape index (κ2) is 4.64. The molecule has 20 heavy (non-hydrogen) atoms. The van der Waals surface area contributed by atoms with Crippen LogP contribution in [0.25, 0.3) is 0 Å². The topological polar surface area (TPSA) is 95.9 Å². The molecule has 0 unspecified atom stereocenters. The Morgan fingerprint density at radius 3 is 2.60 bits per heavy atom. The van der Waals surface area contributed by atoms with Crippen LogP contribution in [0, 0.1) is 5.41 Å². The van der Waals surface area contributed by atoms with Crippen molar-refractivity contribution in [3.05, 3.63) is 0 Å². The molecule has 0 aliphatic carbocycles. The van der Waals surface area contributed by atoms with Crippen molar-refractivity contribution in [3.8, 4) is 0 Å². The summed E-state index contributed by atoms with van der Waals surface area (Å²) in [6, 6.07) is -0.860. The number of carbonyl (C=O) groups is 3. The van der Waals surface area contributed by atoms with Gasteiger partial charge in [-0.15, -0.1) is 0 Å². The molecule has 2 N–H and O–H groups in total. The number of likely N-dealkylation sites (tertiary alicyclic amines) is 1. The van der Waals surface area contributed by atoms with E-state index in [4.69, 9.17) is 9.84 Å². The van der Waals surface area contributed by atoms with Gasteiger partial charge in [-0.2, -0.15) is 0 Å². The Balaban J connectivity index is 2.03. The number of nitrogens with one attached hydrogen (secondary N) is 1. The Morgan fingerprint density at radius 1 is 1.45 bits per heavy atom. The molecule has 7 heteroatoms. The number of carboxylic acid groups (broad SMARTS) is 1. The highest BCUT2D eigenvalue weighted by Crippen LogP contribution is 2.39. The van der Waals surface area contributed by atoms with Crippen molar-refractivity contribution < 1.29 is 24.2 Å². The normalized spacial score (nSPS) is 29.6. The van der Waals surface area contributed by atoms with Crippen LogP contribution in [0.2, 0.25) is 0 Å². The Hall–Kier alpha value is -1.79. The first kappa shape index (κ1) is 14.6. The third kappa shape index (κ3) is 2.71. The van der Waals surface area contributed by atoms with E-state index in [1.54, 1.807) is 20.8 Å². The largest absolute Gasteiger partial charge is 0.480 e. The van der Waals surface area contributed by atoms with E-state index in [0.717, 1.165) is 0 Å². The number of hydrogen-bond donors (Lipinski definition) is 2. The highest BCUT2D eigenvalue weighted by Gasteiger charge is 2.53. The molecule has 0 saturated carbocycles. The van der Waals surface area contributed by atoms with E-state index in [0.29, 0.717) is 13.0 Å². The van der Waals surface area contributed by atoms with Gasteiger partial charge in [0, 0.05) is 13.1 Å². The van der Waals surface area contributed by atoms with Gasteiger partial charge in [0.1, 0.15) is 11.6 Å². The van der Waals surface area contributed by atoms with Crippen molar-refractivity contribution in [1.82, 2.24) is 10.2 Å². The minimum absolute atomic E-state index is 0.220. The Bertz CT molecular complexity index is 456. The quantitative estimate of drug-likeness (QED) is 0.734. The number of aliphatic carboxylic acids is 1. The molecular formula is C13H20N2O5. The zero-order valence-corrected chi connectivity index (χ0v) is 11.9. The lowest BCUT2D eigenvalue weighted by atomic mass is 9.84. The van der Waals surface area contributed by atoms with E-state index in [2.05, 4.69) is 5.32 Å². The van der Waals surface area contributed by atoms with Gasteiger partial charge in [0.25, 0.3) is 0 Å². The second-order valence-corrected chi connectivity index (χ2v) is 6.50. The summed E-state index contributed by atoms with van der Waals surface area (Å²) in [5, 5.41) is 11.5. The molecule has 2 heterocycles. The van der Waals surface area contributed by atoms with Crippen LogP contribution < -0.4 is 5.32 Å². The van der Waals surface area contributed by atoms with E-state index < -0.39 is 29.1 Å². The average Bonchev–Trinajstić information content (AvgIpc) is 2.84. The third-order valence-corrected chi connectivity index (χ3v) is 3.69. The van der Waals surface area contributed by atoms with Crippen LogP contribution in [0.4, 0.5) is 4.79 Å². The minimum Gasteiger partial charge on any atom is -0.480 e. The lowest BCUT2D eigenvalue weighted by Gasteiger charge is -2.25. The highest BCUT2D eigenvalue weighted by molar-refractivity contribution is 5.92. The van der Waals surface area contributed by atoms with Crippen molar-refractivity contribution in [2.24, 2.45) is 5.41 Å². The molecule has 0 aromatic carbocycles. The van der Waals surface area contributed by atoms with Gasteiger partial charge in [0.2, 0.25) is 5.91 Å². The first-order valence-corrected chi connectivity index (χ1v) is 6.65. The molecule has 2 atom stereocenters. The molecule has 0 aromatic heterocycles. The van der Waals surface area contributed by atoms with Gasteiger partial charge >= 0.3 is 12.1 Å². The lowest BCUT2D eigenvalue weighted by molar-refractivity contribution is -0.140. The zero-order chi connectivity index (χ0) is 15.1. The van der Waals surface area contributed by atoms with E-state index >= 15 is 0 Å². The molecule has 0 aromatic rings. The number of hydrogen-bond acceptors (Lipinski definition) is 4. The van der Waals surface area contributed by atoms with Gasteiger partial charge in [-0.3, -0.25) is 4.79 Å². The maximum absolute atomic E-state index is 12.0. The van der Waals surface area contributed by atoms with Crippen LogP contribution >= 0.6 is 0 Å². The summed E-state index contributed by atoms with van der Waals surface area (Å²) >= 11 is 0. The molecule has 1 spiro atoms. The maximum Gasteiger partial charge on any atom is 0.410 e. The molecule has 2 saturated heterocycles. The van der Waals surface area contributed by atoms with Crippen LogP contribution in [0.15, 0.2) is 0 Å². The first-order chi connectivity index (χ1) is 9.13. The molecule has 7 nitrogen and oxygen atoms in total. The van der Waals surface area contributed by atoms with Crippen LogP contribution in [0.1, 0.15) is 33.6 Å². The van der Waals surface area contributed by atoms with Crippen LogP contribution in [-0.2, 0) is 14.3 Å². The van der Waals surface area contributed by atoms with E-state index in [1.165, 1.54) is 4.90 Å². The fourth-order valence-electron chi connectivity index (χ4n) is 2.70. The van der Waals surface area contributed by atoms with Gasteiger partial charge in [-0.1, -0.05) is 0 Å². The number of carboxylic acids is 1. The predicted octanol–water partition coefficient (Wildman–Crippen LogP) is 0.587. The second-order valence-electron chi connectivity index (χ2n) is 6.50. The Morgan fingerprint density at radius 2 is 2.10 bits per heavy atom. The van der Waals surface area contributed by atoms with Gasteiger partial charge in [0.15, 0.2) is 0 Å². The molecule has 0 bridgehead atoms. The summed E-state index contributed by atoms with van der Waals surface area (Å²) in [7, 11) is 0. The summed E-state index contributed by atoms with van der Waals surface area (Å²) < 4.78 is 5.27. The number of carbonyl (C=O) groups excluding carboxylic acids is 2. The Kier molecular flexibility index (Phi) is 3.39. The fourth-order valence-corrected chi connectivity index (χ4v) is 2.70. The third-order valence-electron chi connectivity index (χ3n) is 3.69. The molecule has 2 aliphatic heterocycles. The number of ether oxygens (including phenoxy) is 1. The lowest BCUT2D eigenvalue weighted by Crippen LogP contribution is -2.39. The summed E-state index contributed by atoms with van der Waals surface area (Å²) in [6.45, 7) is 5.96. The standard InChI is InChI=1S/C13H20N2O5/c1-12(2,3)20-11(19)15-5-4-13(7-15)6-8(9(16)17)14-10(13)18/h8H,4-7H2,1-3H3,(H,14,18)(H,16,17)/t8-,13-/m0/s1. The van der Waals surface area contributed by atoms with Crippen molar-refractivity contribution in [1.29, 1.82) is 0 Å². The van der Waals surface area contributed by atoms with E-state index in [1.807, 2.05) is 0 Å². The summed E-state index contributed by atoms with van der Waals surface area (Å²) in [5.41, 5.74) is -1.37. The average molecular weight is 284 g/mol. The van der Waals surface area contributed by atoms with Gasteiger partial charge in [-0.05, 0) is 33.6 Å². The fraction of sp³-hybridized carbons (Fsp3) is 0.769. The maximum atomic E-state index is 12.0. The van der Waals surface area contributed by atoms with E-state index in [-0.39, 0.29) is 18.9 Å². The summed E-state index contributed by atoms with van der Waals surface area (Å²) in [6.07, 6.45) is 0.239. The molecule has 2 amide bonds. The number of amides is 2. The van der Waals surface area contributed by atoms with Gasteiger partial charge in [0.05, 0.1) is 5.41 Å². The van der Waals surface area contributed by atoms with Gasteiger partial charge < -0.3 is 20.1 Å². The first-order valence-electron chi connectivity index (χ1n) is 6.65.